The second-order valence-corrected chi connectivity index (χ2v) is 5.93. The average Bonchev–Trinajstić information content (AvgIpc) is 3.31. The first-order chi connectivity index (χ1) is 13.1. The number of nitrogens with zero attached hydrogens (tertiary/aromatic N) is 5. The summed E-state index contributed by atoms with van der Waals surface area (Å²) in [6.07, 6.45) is 2.29. The molecule has 0 aliphatic carbocycles. The molecule has 0 saturated heterocycles. The van der Waals surface area contributed by atoms with Crippen LogP contribution in [0.25, 0.3) is 0 Å². The molecule has 0 aliphatic rings. The summed E-state index contributed by atoms with van der Waals surface area (Å²) in [6.45, 7) is 2.65. The van der Waals surface area contributed by atoms with E-state index in [-0.39, 0.29) is 12.6 Å². The van der Waals surface area contributed by atoms with Gasteiger partial charge in [0.1, 0.15) is 11.6 Å². The number of aromatic nitrogens is 4. The summed E-state index contributed by atoms with van der Waals surface area (Å²) < 4.78 is 12.1. The van der Waals surface area contributed by atoms with Gasteiger partial charge in [-0.3, -0.25) is 5.32 Å². The van der Waals surface area contributed by atoms with Gasteiger partial charge in [-0.1, -0.05) is 30.3 Å². The number of hydrogen-bond donors (Lipinski definition) is 1. The Morgan fingerprint density at radius 2 is 2.15 bits per heavy atom. The van der Waals surface area contributed by atoms with E-state index in [1.807, 2.05) is 31.2 Å². The van der Waals surface area contributed by atoms with Crippen LogP contribution in [0.2, 0.25) is 0 Å². The second kappa shape index (κ2) is 8.35. The van der Waals surface area contributed by atoms with Crippen molar-refractivity contribution in [2.24, 2.45) is 0 Å². The van der Waals surface area contributed by atoms with Gasteiger partial charge in [-0.05, 0) is 6.07 Å². The molecule has 0 radical (unpaired) electrons. The number of amides is 2. The van der Waals surface area contributed by atoms with Gasteiger partial charge in [-0.15, -0.1) is 0 Å². The van der Waals surface area contributed by atoms with Crippen LogP contribution in [0.5, 0.6) is 5.75 Å². The zero-order chi connectivity index (χ0) is 19.2. The molecular weight excluding hydrogens is 348 g/mol. The van der Waals surface area contributed by atoms with Crippen LogP contribution in [0.1, 0.15) is 24.2 Å². The number of ether oxygens (including phenoxy) is 1. The molecule has 3 aromatic rings. The average molecular weight is 370 g/mol. The lowest BCUT2D eigenvalue weighted by atomic mass is 10.2. The Kier molecular flexibility index (Phi) is 5.70. The number of rotatable bonds is 7. The summed E-state index contributed by atoms with van der Waals surface area (Å²) >= 11 is 0. The lowest BCUT2D eigenvalue weighted by Crippen LogP contribution is -2.32. The molecule has 142 valence electrons. The van der Waals surface area contributed by atoms with E-state index in [4.69, 9.17) is 9.26 Å². The summed E-state index contributed by atoms with van der Waals surface area (Å²) in [5.41, 5.74) is 0.964. The Morgan fingerprint density at radius 3 is 2.89 bits per heavy atom. The Bertz CT molecular complexity index is 904. The van der Waals surface area contributed by atoms with Gasteiger partial charge >= 0.3 is 6.03 Å². The number of nitrogens with one attached hydrogen (secondary N) is 1. The van der Waals surface area contributed by atoms with Gasteiger partial charge < -0.3 is 14.2 Å². The van der Waals surface area contributed by atoms with Crippen molar-refractivity contribution in [2.75, 3.05) is 19.5 Å². The molecule has 2 heterocycles. The molecule has 2 aromatic heterocycles. The minimum Gasteiger partial charge on any atom is -0.496 e. The number of anilines is 1. The summed E-state index contributed by atoms with van der Waals surface area (Å²) in [5.74, 6) is 2.37. The molecule has 0 spiro atoms. The van der Waals surface area contributed by atoms with Gasteiger partial charge in [0.2, 0.25) is 5.89 Å². The minimum atomic E-state index is -0.292. The number of hydrogen-bond acceptors (Lipinski definition) is 6. The van der Waals surface area contributed by atoms with Crippen molar-refractivity contribution < 1.29 is 14.1 Å². The molecule has 0 fully saturated rings. The quantitative estimate of drug-likeness (QED) is 0.686. The summed E-state index contributed by atoms with van der Waals surface area (Å²) in [5, 5.41) is 11.0. The van der Waals surface area contributed by atoms with Crippen molar-refractivity contribution in [3.63, 3.8) is 0 Å². The van der Waals surface area contributed by atoms with E-state index in [1.165, 1.54) is 4.90 Å². The molecular formula is C18H22N6O3. The molecule has 1 N–H and O–H groups in total. The molecule has 3 rings (SSSR count). The van der Waals surface area contributed by atoms with E-state index in [1.54, 1.807) is 31.1 Å². The number of carbonyl (C=O) groups excluding carboxylic acids is 1. The maximum Gasteiger partial charge on any atom is 0.323 e. The number of aryl methyl sites for hydroxylation is 1. The van der Waals surface area contributed by atoms with Gasteiger partial charge in [0.25, 0.3) is 0 Å². The number of methoxy groups -OCH3 is 1. The third-order valence-electron chi connectivity index (χ3n) is 4.00. The zero-order valence-electron chi connectivity index (χ0n) is 15.5. The van der Waals surface area contributed by atoms with E-state index in [0.29, 0.717) is 30.5 Å². The predicted octanol–water partition coefficient (Wildman–Crippen LogP) is 2.55. The first-order valence-electron chi connectivity index (χ1n) is 8.58. The smallest absolute Gasteiger partial charge is 0.323 e. The van der Waals surface area contributed by atoms with Crippen LogP contribution in [0.15, 0.2) is 41.1 Å². The van der Waals surface area contributed by atoms with Gasteiger partial charge in [-0.25, -0.2) is 9.48 Å². The predicted molar refractivity (Wildman–Crippen MR) is 98.5 cm³/mol. The monoisotopic (exact) mass is 370 g/mol. The second-order valence-electron chi connectivity index (χ2n) is 5.93. The normalized spacial score (nSPS) is 10.6. The molecule has 0 bridgehead atoms. The summed E-state index contributed by atoms with van der Waals surface area (Å²) in [6, 6.07) is 9.14. The van der Waals surface area contributed by atoms with Crippen molar-refractivity contribution in [3.05, 3.63) is 53.8 Å². The van der Waals surface area contributed by atoms with Crippen LogP contribution in [-0.4, -0.2) is 45.0 Å². The number of carbonyl (C=O) groups is 1. The van der Waals surface area contributed by atoms with Crippen LogP contribution in [0.4, 0.5) is 10.6 Å². The molecule has 0 aliphatic heterocycles. The van der Waals surface area contributed by atoms with Crippen molar-refractivity contribution in [3.8, 4) is 5.75 Å². The van der Waals surface area contributed by atoms with E-state index in [0.717, 1.165) is 11.3 Å². The molecule has 2 amide bonds. The largest absolute Gasteiger partial charge is 0.496 e. The van der Waals surface area contributed by atoms with Crippen LogP contribution < -0.4 is 10.1 Å². The zero-order valence-corrected chi connectivity index (χ0v) is 15.5. The van der Waals surface area contributed by atoms with Crippen LogP contribution in [0, 0.1) is 0 Å². The first-order valence-corrected chi connectivity index (χ1v) is 8.58. The van der Waals surface area contributed by atoms with E-state index in [9.17, 15) is 4.79 Å². The van der Waals surface area contributed by atoms with E-state index < -0.39 is 0 Å². The minimum absolute atomic E-state index is 0.246. The highest BCUT2D eigenvalue weighted by molar-refractivity contribution is 5.88. The fourth-order valence-electron chi connectivity index (χ4n) is 2.55. The molecule has 9 heteroatoms. The van der Waals surface area contributed by atoms with Crippen molar-refractivity contribution >= 4 is 11.8 Å². The molecule has 0 unspecified atom stereocenters. The highest BCUT2D eigenvalue weighted by Gasteiger charge is 2.15. The standard InChI is InChI=1S/C18H22N6O3/c1-4-17-20-15(22-27-17)12-23(2)18(25)21-16-9-10-19-24(16)11-13-7-5-6-8-14(13)26-3/h5-10H,4,11-12H2,1-3H3,(H,21,25). The molecule has 1 aromatic carbocycles. The highest BCUT2D eigenvalue weighted by Crippen LogP contribution is 2.20. The summed E-state index contributed by atoms with van der Waals surface area (Å²) in [7, 11) is 3.29. The fourth-order valence-corrected chi connectivity index (χ4v) is 2.55. The third kappa shape index (κ3) is 4.43. The Hall–Kier alpha value is -3.36. The van der Waals surface area contributed by atoms with Crippen molar-refractivity contribution in [1.29, 1.82) is 0 Å². The molecule has 9 nitrogen and oxygen atoms in total. The van der Waals surface area contributed by atoms with Gasteiger partial charge in [0.15, 0.2) is 5.82 Å². The van der Waals surface area contributed by atoms with Crippen LogP contribution >= 0.6 is 0 Å². The van der Waals surface area contributed by atoms with Crippen LogP contribution in [0.3, 0.4) is 0 Å². The topological polar surface area (TPSA) is 98.3 Å². The third-order valence-corrected chi connectivity index (χ3v) is 4.00. The van der Waals surface area contributed by atoms with Crippen LogP contribution in [-0.2, 0) is 19.5 Å². The molecule has 0 atom stereocenters. The van der Waals surface area contributed by atoms with Crippen molar-refractivity contribution in [2.45, 2.75) is 26.4 Å². The maximum absolute atomic E-state index is 12.5. The van der Waals surface area contributed by atoms with Gasteiger partial charge in [0, 0.05) is 25.1 Å². The summed E-state index contributed by atoms with van der Waals surface area (Å²) in [4.78, 5) is 18.2. The van der Waals surface area contributed by atoms with Crippen molar-refractivity contribution in [1.82, 2.24) is 24.8 Å². The van der Waals surface area contributed by atoms with Gasteiger partial charge in [0.05, 0.1) is 26.4 Å². The maximum atomic E-state index is 12.5. The SMILES string of the molecule is CCc1nc(CN(C)C(=O)Nc2ccnn2Cc2ccccc2OC)no1. The number of benzene rings is 1. The number of para-hydroxylation sites is 1. The fraction of sp³-hybridized carbons (Fsp3) is 0.333. The van der Waals surface area contributed by atoms with E-state index >= 15 is 0 Å². The van der Waals surface area contributed by atoms with E-state index in [2.05, 4.69) is 20.6 Å². The Labute approximate surface area is 156 Å². The number of urea groups is 1. The highest BCUT2D eigenvalue weighted by atomic mass is 16.5. The Balaban J connectivity index is 1.65. The first kappa shape index (κ1) is 18.4. The lowest BCUT2D eigenvalue weighted by molar-refractivity contribution is 0.218. The van der Waals surface area contributed by atoms with Gasteiger partial charge in [-0.2, -0.15) is 10.1 Å². The molecule has 0 saturated carbocycles. The Morgan fingerprint density at radius 1 is 1.33 bits per heavy atom. The molecule has 27 heavy (non-hydrogen) atoms. The lowest BCUT2D eigenvalue weighted by Gasteiger charge is -2.17.